The zero-order chi connectivity index (χ0) is 38.8. The van der Waals surface area contributed by atoms with Crippen LogP contribution in [-0.4, -0.2) is 75.1 Å². The van der Waals surface area contributed by atoms with Gasteiger partial charge in [0.2, 0.25) is 11.8 Å². The molecule has 11 heteroatoms. The fraction of sp³-hybridized carbons (Fsp3) is 0.585. The number of aryl methyl sites for hydroxylation is 1. The highest BCUT2D eigenvalue weighted by atomic mass is 16.6. The Balaban J connectivity index is 2.00. The fourth-order valence-corrected chi connectivity index (χ4v) is 5.67. The summed E-state index contributed by atoms with van der Waals surface area (Å²) >= 11 is 0. The molecule has 3 amide bonds. The van der Waals surface area contributed by atoms with Crippen molar-refractivity contribution in [1.29, 1.82) is 0 Å². The number of amides is 3. The molecule has 2 aromatic rings. The van der Waals surface area contributed by atoms with Gasteiger partial charge in [-0.1, -0.05) is 95.0 Å². The van der Waals surface area contributed by atoms with E-state index in [4.69, 9.17) is 4.74 Å². The van der Waals surface area contributed by atoms with Crippen molar-refractivity contribution in [2.75, 3.05) is 6.54 Å². The number of ketones is 1. The first-order chi connectivity index (χ1) is 24.5. The van der Waals surface area contributed by atoms with Crippen LogP contribution in [0.2, 0.25) is 0 Å². The molecule has 0 saturated carbocycles. The van der Waals surface area contributed by atoms with E-state index in [0.717, 1.165) is 48.8 Å². The number of rotatable bonds is 22. The number of aliphatic hydroxyl groups excluding tert-OH is 1. The topological polar surface area (TPSA) is 162 Å². The molecule has 4 N–H and O–H groups in total. The number of unbranched alkanes of at least 4 members (excludes halogenated alkanes) is 3. The number of carboxylic acid groups (broad SMARTS) is 1. The Hall–Kier alpha value is -4.25. The summed E-state index contributed by atoms with van der Waals surface area (Å²) in [7, 11) is 0. The van der Waals surface area contributed by atoms with Crippen molar-refractivity contribution in [3.05, 3.63) is 59.7 Å². The molecule has 0 bridgehead atoms. The highest BCUT2D eigenvalue weighted by molar-refractivity contribution is 5.93. The molecule has 0 aromatic heterocycles. The number of ether oxygens (including phenoxy) is 1. The molecule has 0 aliphatic heterocycles. The first-order valence-corrected chi connectivity index (χ1v) is 18.7. The van der Waals surface area contributed by atoms with Crippen LogP contribution in [0.25, 0.3) is 11.1 Å². The van der Waals surface area contributed by atoms with Gasteiger partial charge >= 0.3 is 12.1 Å². The van der Waals surface area contributed by atoms with Gasteiger partial charge in [-0.3, -0.25) is 14.4 Å². The largest absolute Gasteiger partial charge is 0.480 e. The molecule has 11 nitrogen and oxygen atoms in total. The smallest absolute Gasteiger partial charge is 0.410 e. The Morgan fingerprint density at radius 3 is 1.90 bits per heavy atom. The van der Waals surface area contributed by atoms with Crippen LogP contribution in [0.5, 0.6) is 0 Å². The van der Waals surface area contributed by atoms with Gasteiger partial charge in [0.25, 0.3) is 0 Å². The van der Waals surface area contributed by atoms with E-state index in [1.165, 1.54) is 19.4 Å². The Bertz CT molecular complexity index is 1430. The third kappa shape index (κ3) is 16.0. The van der Waals surface area contributed by atoms with Crippen LogP contribution >= 0.6 is 0 Å². The summed E-state index contributed by atoms with van der Waals surface area (Å²) in [5.74, 6) is -3.63. The minimum Gasteiger partial charge on any atom is -0.480 e. The zero-order valence-electron chi connectivity index (χ0n) is 32.2. The summed E-state index contributed by atoms with van der Waals surface area (Å²) in [6.45, 7) is 12.9. The van der Waals surface area contributed by atoms with Gasteiger partial charge in [0, 0.05) is 31.8 Å². The zero-order valence-corrected chi connectivity index (χ0v) is 32.2. The van der Waals surface area contributed by atoms with Gasteiger partial charge in [0.15, 0.2) is 5.78 Å². The highest BCUT2D eigenvalue weighted by Gasteiger charge is 2.30. The molecule has 288 valence electrons. The van der Waals surface area contributed by atoms with Crippen LogP contribution in [0.1, 0.15) is 117 Å². The number of nitrogens with zero attached hydrogens (tertiary/aromatic N) is 1. The van der Waals surface area contributed by atoms with Crippen LogP contribution in [0.15, 0.2) is 48.5 Å². The second kappa shape index (κ2) is 22.0. The quantitative estimate of drug-likeness (QED) is 0.0962. The molecule has 0 fully saturated rings. The highest BCUT2D eigenvalue weighted by Crippen LogP contribution is 2.22. The molecule has 0 radical (unpaired) electrons. The maximum atomic E-state index is 13.2. The van der Waals surface area contributed by atoms with Crippen molar-refractivity contribution in [3.8, 4) is 11.1 Å². The molecule has 0 aliphatic rings. The lowest BCUT2D eigenvalue weighted by Gasteiger charge is -2.28. The molecule has 52 heavy (non-hydrogen) atoms. The number of hydrogen-bond donors (Lipinski definition) is 4. The number of aliphatic hydroxyl groups is 1. The van der Waals surface area contributed by atoms with E-state index in [0.29, 0.717) is 6.42 Å². The van der Waals surface area contributed by atoms with Crippen molar-refractivity contribution in [3.63, 3.8) is 0 Å². The van der Waals surface area contributed by atoms with Crippen LogP contribution in [-0.2, 0) is 36.9 Å². The van der Waals surface area contributed by atoms with Gasteiger partial charge in [-0.2, -0.15) is 0 Å². The minimum absolute atomic E-state index is 0.0307. The Labute approximate surface area is 309 Å². The van der Waals surface area contributed by atoms with Crippen molar-refractivity contribution in [1.82, 2.24) is 15.5 Å². The van der Waals surface area contributed by atoms with E-state index >= 15 is 0 Å². The standard InChI is InChI=1S/C41H61N3O8/c1-8-10-12-15-34(39(49)50)42-38(48)28(3)26-35(46)37(29(4)45)43-36(47)16-13-25-44(40(51)52-41(5,6)7)27-31-19-23-33(24-20-31)32-21-17-30(18-22-32)14-11-9-2/h17-24,28-29,34,37,45H,8-16,25-27H2,1-7H3,(H,42,48)(H,43,47)(H,49,50)/t28-,29-,34+,37+/m1/s1. The lowest BCUT2D eigenvalue weighted by atomic mass is 9.96. The molecule has 4 atom stereocenters. The first kappa shape index (κ1) is 43.9. The fourth-order valence-electron chi connectivity index (χ4n) is 5.67. The summed E-state index contributed by atoms with van der Waals surface area (Å²) in [4.78, 5) is 65.1. The monoisotopic (exact) mass is 723 g/mol. The van der Waals surface area contributed by atoms with E-state index in [9.17, 15) is 34.2 Å². The van der Waals surface area contributed by atoms with Crippen molar-refractivity contribution >= 4 is 29.7 Å². The second-order valence-electron chi connectivity index (χ2n) is 14.8. The average Bonchev–Trinajstić information content (AvgIpc) is 3.08. The van der Waals surface area contributed by atoms with Crippen LogP contribution in [0.3, 0.4) is 0 Å². The SMILES string of the molecule is CCCCC[C@H](NC(=O)[C@H](C)CC(=O)[C@@H](NC(=O)CCCN(Cc1ccc(-c2ccc(CCCC)cc2)cc1)C(=O)OC(C)(C)C)[C@@H](C)O)C(=O)O. The van der Waals surface area contributed by atoms with Crippen LogP contribution in [0, 0.1) is 5.92 Å². The van der Waals surface area contributed by atoms with E-state index in [-0.39, 0.29) is 38.8 Å². The maximum absolute atomic E-state index is 13.2. The predicted octanol–water partition coefficient (Wildman–Crippen LogP) is 6.82. The molecule has 0 spiro atoms. The molecular weight excluding hydrogens is 662 g/mol. The van der Waals surface area contributed by atoms with E-state index in [1.807, 2.05) is 31.2 Å². The molecule has 0 heterocycles. The summed E-state index contributed by atoms with van der Waals surface area (Å²) in [6, 6.07) is 14.2. The normalized spacial score (nSPS) is 13.7. The minimum atomic E-state index is -1.25. The molecule has 2 aromatic carbocycles. The third-order valence-corrected chi connectivity index (χ3v) is 8.73. The first-order valence-electron chi connectivity index (χ1n) is 18.7. The maximum Gasteiger partial charge on any atom is 0.410 e. The molecule has 0 unspecified atom stereocenters. The Morgan fingerprint density at radius 1 is 0.808 bits per heavy atom. The Morgan fingerprint density at radius 2 is 1.38 bits per heavy atom. The lowest BCUT2D eigenvalue weighted by molar-refractivity contribution is -0.143. The number of nitrogens with one attached hydrogen (secondary N) is 2. The summed E-state index contributed by atoms with van der Waals surface area (Å²) < 4.78 is 5.65. The molecule has 2 rings (SSSR count). The molecule has 0 aliphatic carbocycles. The van der Waals surface area contributed by atoms with E-state index < -0.39 is 59.4 Å². The van der Waals surface area contributed by atoms with Gasteiger partial charge in [-0.15, -0.1) is 0 Å². The number of aliphatic carboxylic acids is 1. The average molecular weight is 724 g/mol. The summed E-state index contributed by atoms with van der Waals surface area (Å²) in [5.41, 5.74) is 3.67. The second-order valence-corrected chi connectivity index (χ2v) is 14.8. The number of hydrogen-bond acceptors (Lipinski definition) is 7. The van der Waals surface area contributed by atoms with Gasteiger partial charge < -0.3 is 30.5 Å². The predicted molar refractivity (Wildman–Crippen MR) is 202 cm³/mol. The van der Waals surface area contributed by atoms with Gasteiger partial charge in [-0.25, -0.2) is 9.59 Å². The molecular formula is C41H61N3O8. The number of Topliss-reactive ketones (excluding diaryl/α,β-unsaturated/α-hetero) is 1. The number of carboxylic acids is 1. The third-order valence-electron chi connectivity index (χ3n) is 8.73. The summed E-state index contributed by atoms with van der Waals surface area (Å²) in [5, 5.41) is 24.9. The summed E-state index contributed by atoms with van der Waals surface area (Å²) in [6.07, 6.45) is 4.26. The van der Waals surface area contributed by atoms with Gasteiger partial charge in [-0.05, 0) is 75.6 Å². The lowest BCUT2D eigenvalue weighted by Crippen LogP contribution is -2.49. The van der Waals surface area contributed by atoms with Crippen molar-refractivity contribution in [2.45, 2.75) is 143 Å². The van der Waals surface area contributed by atoms with Gasteiger partial charge in [0.05, 0.1) is 6.10 Å². The van der Waals surface area contributed by atoms with Crippen LogP contribution in [0.4, 0.5) is 4.79 Å². The molecule has 0 saturated heterocycles. The van der Waals surface area contributed by atoms with Crippen molar-refractivity contribution in [2.24, 2.45) is 5.92 Å². The Kier molecular flexibility index (Phi) is 18.5. The number of carbonyl (C=O) groups excluding carboxylic acids is 4. The van der Waals surface area contributed by atoms with E-state index in [2.05, 4.69) is 41.8 Å². The number of benzene rings is 2. The van der Waals surface area contributed by atoms with Crippen molar-refractivity contribution < 1.29 is 38.9 Å². The van der Waals surface area contributed by atoms with E-state index in [1.54, 1.807) is 25.7 Å². The van der Waals surface area contributed by atoms with Gasteiger partial charge in [0.1, 0.15) is 17.7 Å². The number of carbonyl (C=O) groups is 5. The van der Waals surface area contributed by atoms with Crippen LogP contribution < -0.4 is 10.6 Å².